The van der Waals surface area contributed by atoms with Crippen molar-refractivity contribution in [1.82, 2.24) is 5.32 Å². The smallest absolute Gasteiger partial charge is 0.407 e. The maximum Gasteiger partial charge on any atom is 0.407 e. The number of hydrogen-bond donors (Lipinski definition) is 4. The first-order chi connectivity index (χ1) is 10.6. The lowest BCUT2D eigenvalue weighted by Gasteiger charge is -2.19. The van der Waals surface area contributed by atoms with Crippen molar-refractivity contribution in [1.29, 1.82) is 0 Å². The second-order valence-corrected chi connectivity index (χ2v) is 6.27. The van der Waals surface area contributed by atoms with Gasteiger partial charge in [-0.1, -0.05) is 0 Å². The summed E-state index contributed by atoms with van der Waals surface area (Å²) < 4.78 is 5.12. The van der Waals surface area contributed by atoms with Crippen molar-refractivity contribution in [3.05, 3.63) is 23.3 Å². The quantitative estimate of drug-likeness (QED) is 0.473. The number of anilines is 2. The third-order valence-electron chi connectivity index (χ3n) is 2.97. The number of ether oxygens (including phenoxy) is 1. The number of nitrogens with two attached hydrogens (primary N) is 1. The number of benzene rings is 1. The number of rotatable bonds is 6. The Balaban J connectivity index is 2.42. The van der Waals surface area contributed by atoms with Crippen LogP contribution in [0.15, 0.2) is 12.1 Å². The van der Waals surface area contributed by atoms with E-state index in [0.29, 0.717) is 30.8 Å². The number of amides is 1. The van der Waals surface area contributed by atoms with Gasteiger partial charge in [-0.3, -0.25) is 0 Å². The molecule has 0 unspecified atom stereocenters. The van der Waals surface area contributed by atoms with Gasteiger partial charge in [-0.2, -0.15) is 0 Å². The monoisotopic (exact) mass is 323 g/mol. The molecule has 0 saturated carbocycles. The molecule has 7 nitrogen and oxygen atoms in total. The predicted molar refractivity (Wildman–Crippen MR) is 89.9 cm³/mol. The first-order valence-electron chi connectivity index (χ1n) is 7.44. The van der Waals surface area contributed by atoms with E-state index in [0.717, 1.165) is 0 Å². The maximum absolute atomic E-state index is 11.5. The van der Waals surface area contributed by atoms with Gasteiger partial charge in [0, 0.05) is 24.5 Å². The highest BCUT2D eigenvalue weighted by Crippen LogP contribution is 2.22. The summed E-state index contributed by atoms with van der Waals surface area (Å²) in [5.41, 5.74) is 6.98. The van der Waals surface area contributed by atoms with E-state index >= 15 is 0 Å². The fraction of sp³-hybridized carbons (Fsp3) is 0.500. The highest BCUT2D eigenvalue weighted by atomic mass is 16.6. The van der Waals surface area contributed by atoms with Gasteiger partial charge in [0.15, 0.2) is 0 Å². The highest BCUT2D eigenvalue weighted by Gasteiger charge is 2.15. The summed E-state index contributed by atoms with van der Waals surface area (Å²) in [6.07, 6.45) is 0.222. The van der Waals surface area contributed by atoms with Crippen molar-refractivity contribution in [3.8, 4) is 0 Å². The fourth-order valence-corrected chi connectivity index (χ4v) is 1.90. The molecule has 128 valence electrons. The normalized spacial score (nSPS) is 11.0. The number of aryl methyl sites for hydroxylation is 1. The van der Waals surface area contributed by atoms with Crippen LogP contribution in [-0.4, -0.2) is 35.9 Å². The van der Waals surface area contributed by atoms with Crippen molar-refractivity contribution in [3.63, 3.8) is 0 Å². The minimum atomic E-state index is -1.05. The van der Waals surface area contributed by atoms with Crippen LogP contribution < -0.4 is 16.4 Å². The molecule has 0 aliphatic heterocycles. The molecule has 1 rings (SSSR count). The lowest BCUT2D eigenvalue weighted by molar-refractivity contribution is 0.0527. The van der Waals surface area contributed by atoms with E-state index < -0.39 is 17.7 Å². The summed E-state index contributed by atoms with van der Waals surface area (Å²) in [6, 6.07) is 3.30. The summed E-state index contributed by atoms with van der Waals surface area (Å²) in [5.74, 6) is -1.05. The summed E-state index contributed by atoms with van der Waals surface area (Å²) in [6.45, 7) is 8.21. The summed E-state index contributed by atoms with van der Waals surface area (Å²) >= 11 is 0. The highest BCUT2D eigenvalue weighted by molar-refractivity contribution is 5.95. The Hall–Kier alpha value is -2.44. The Bertz CT molecular complexity index is 579. The van der Waals surface area contributed by atoms with Crippen LogP contribution in [0.2, 0.25) is 0 Å². The van der Waals surface area contributed by atoms with Gasteiger partial charge in [0.2, 0.25) is 0 Å². The Morgan fingerprint density at radius 1 is 1.26 bits per heavy atom. The number of nitrogens with one attached hydrogen (secondary N) is 2. The SMILES string of the molecule is Cc1cc(NCCCNC(=O)OC(C)(C)C)cc(C(=O)O)c1N. The molecule has 0 bridgehead atoms. The number of alkyl carbamates (subject to hydrolysis) is 1. The van der Waals surface area contributed by atoms with Gasteiger partial charge in [-0.25, -0.2) is 9.59 Å². The Kier molecular flexibility index (Phi) is 6.24. The van der Waals surface area contributed by atoms with E-state index in [-0.39, 0.29) is 11.3 Å². The van der Waals surface area contributed by atoms with Crippen molar-refractivity contribution < 1.29 is 19.4 Å². The molecule has 7 heteroatoms. The van der Waals surface area contributed by atoms with Crippen LogP contribution in [0.4, 0.5) is 16.2 Å². The molecule has 0 radical (unpaired) electrons. The van der Waals surface area contributed by atoms with E-state index in [2.05, 4.69) is 10.6 Å². The first kappa shape index (κ1) is 18.6. The first-order valence-corrected chi connectivity index (χ1v) is 7.44. The lowest BCUT2D eigenvalue weighted by Crippen LogP contribution is -2.33. The molecule has 0 fully saturated rings. The van der Waals surface area contributed by atoms with Crippen LogP contribution in [0, 0.1) is 6.92 Å². The fourth-order valence-electron chi connectivity index (χ4n) is 1.90. The van der Waals surface area contributed by atoms with Gasteiger partial charge in [-0.05, 0) is 51.8 Å². The van der Waals surface area contributed by atoms with Crippen LogP contribution in [0.3, 0.4) is 0 Å². The van der Waals surface area contributed by atoms with Crippen molar-refractivity contribution in [2.24, 2.45) is 0 Å². The number of carbonyl (C=O) groups excluding carboxylic acids is 1. The molecular formula is C16H25N3O4. The largest absolute Gasteiger partial charge is 0.478 e. The van der Waals surface area contributed by atoms with Crippen LogP contribution in [0.5, 0.6) is 0 Å². The van der Waals surface area contributed by atoms with E-state index in [4.69, 9.17) is 15.6 Å². The zero-order valence-electron chi connectivity index (χ0n) is 14.0. The number of carbonyl (C=O) groups is 2. The van der Waals surface area contributed by atoms with Crippen molar-refractivity contribution in [2.75, 3.05) is 24.1 Å². The van der Waals surface area contributed by atoms with Crippen LogP contribution >= 0.6 is 0 Å². The number of hydrogen-bond acceptors (Lipinski definition) is 5. The van der Waals surface area contributed by atoms with E-state index in [1.807, 2.05) is 0 Å². The van der Waals surface area contributed by atoms with E-state index in [1.165, 1.54) is 6.07 Å². The van der Waals surface area contributed by atoms with E-state index in [9.17, 15) is 9.59 Å². The molecule has 0 aliphatic rings. The van der Waals surface area contributed by atoms with Gasteiger partial charge >= 0.3 is 12.1 Å². The van der Waals surface area contributed by atoms with Gasteiger partial charge in [-0.15, -0.1) is 0 Å². The van der Waals surface area contributed by atoms with Crippen molar-refractivity contribution in [2.45, 2.75) is 39.7 Å². The molecule has 0 aliphatic carbocycles. The second kappa shape index (κ2) is 7.71. The molecule has 0 atom stereocenters. The van der Waals surface area contributed by atoms with E-state index in [1.54, 1.807) is 33.8 Å². The van der Waals surface area contributed by atoms with Crippen molar-refractivity contribution >= 4 is 23.4 Å². The van der Waals surface area contributed by atoms with Gasteiger partial charge in [0.05, 0.1) is 5.56 Å². The minimum Gasteiger partial charge on any atom is -0.478 e. The Morgan fingerprint density at radius 2 is 1.91 bits per heavy atom. The van der Waals surface area contributed by atoms with Gasteiger partial charge in [0.1, 0.15) is 5.60 Å². The molecule has 23 heavy (non-hydrogen) atoms. The molecule has 1 aromatic rings. The number of nitrogen functional groups attached to an aromatic ring is 1. The molecule has 1 aromatic carbocycles. The Morgan fingerprint density at radius 3 is 2.48 bits per heavy atom. The molecular weight excluding hydrogens is 298 g/mol. The molecule has 0 spiro atoms. The lowest BCUT2D eigenvalue weighted by atomic mass is 10.1. The van der Waals surface area contributed by atoms with Crippen LogP contribution in [0.1, 0.15) is 43.1 Å². The number of carboxylic acids is 1. The minimum absolute atomic E-state index is 0.0828. The van der Waals surface area contributed by atoms with Gasteiger partial charge in [0.25, 0.3) is 0 Å². The van der Waals surface area contributed by atoms with Gasteiger partial charge < -0.3 is 26.2 Å². The average Bonchev–Trinajstić information content (AvgIpc) is 2.39. The summed E-state index contributed by atoms with van der Waals surface area (Å²) in [4.78, 5) is 22.6. The molecule has 1 amide bonds. The number of aromatic carboxylic acids is 1. The topological polar surface area (TPSA) is 114 Å². The number of carboxylic acid groups (broad SMARTS) is 1. The standard InChI is InChI=1S/C16H25N3O4/c1-10-8-11(9-12(13(10)17)14(20)21)18-6-5-7-19-15(22)23-16(2,3)4/h8-9,18H,5-7,17H2,1-4H3,(H,19,22)(H,20,21). The second-order valence-electron chi connectivity index (χ2n) is 6.27. The summed E-state index contributed by atoms with van der Waals surface area (Å²) in [7, 11) is 0. The molecule has 0 saturated heterocycles. The third kappa shape index (κ3) is 6.46. The molecule has 0 aromatic heterocycles. The third-order valence-corrected chi connectivity index (χ3v) is 2.97. The molecule has 0 heterocycles. The zero-order chi connectivity index (χ0) is 17.6. The van der Waals surface area contributed by atoms with Crippen LogP contribution in [0.25, 0.3) is 0 Å². The summed E-state index contributed by atoms with van der Waals surface area (Å²) in [5, 5.41) is 14.9. The van der Waals surface area contributed by atoms with Crippen LogP contribution in [-0.2, 0) is 4.74 Å². The average molecular weight is 323 g/mol. The molecule has 5 N–H and O–H groups in total. The Labute approximate surface area is 136 Å². The predicted octanol–water partition coefficient (Wildman–Crippen LogP) is 2.60. The zero-order valence-corrected chi connectivity index (χ0v) is 14.0. The maximum atomic E-state index is 11.5.